The normalized spacial score (nSPS) is 9.95. The van der Waals surface area contributed by atoms with Crippen molar-refractivity contribution in [3.63, 3.8) is 0 Å². The molecular weight excluding hydrogens is 284 g/mol. The van der Waals surface area contributed by atoms with Crippen molar-refractivity contribution in [2.24, 2.45) is 0 Å². The summed E-state index contributed by atoms with van der Waals surface area (Å²) in [4.78, 5) is 23.6. The Kier molecular flexibility index (Phi) is 6.11. The number of rotatable bonds is 6. The quantitative estimate of drug-likeness (QED) is 0.842. The van der Waals surface area contributed by atoms with Crippen molar-refractivity contribution in [2.75, 3.05) is 20.7 Å². The monoisotopic (exact) mass is 300 g/mol. The summed E-state index contributed by atoms with van der Waals surface area (Å²) in [7, 11) is 3.15. The SMILES string of the molecule is COc1ccc(Cl)cc1CN(C)C(=O)NCCC(=O)O. The summed E-state index contributed by atoms with van der Waals surface area (Å²) in [6, 6.07) is 4.81. The van der Waals surface area contributed by atoms with Crippen LogP contribution in [0.2, 0.25) is 5.02 Å². The number of urea groups is 1. The third-order valence-electron chi connectivity index (χ3n) is 2.61. The maximum Gasteiger partial charge on any atom is 0.317 e. The molecule has 1 aromatic rings. The van der Waals surface area contributed by atoms with Gasteiger partial charge in [0.25, 0.3) is 0 Å². The van der Waals surface area contributed by atoms with Gasteiger partial charge in [-0.3, -0.25) is 4.79 Å². The van der Waals surface area contributed by atoms with Gasteiger partial charge in [0, 0.05) is 24.2 Å². The zero-order valence-electron chi connectivity index (χ0n) is 11.4. The third kappa shape index (κ3) is 4.97. The fourth-order valence-corrected chi connectivity index (χ4v) is 1.80. The largest absolute Gasteiger partial charge is 0.496 e. The Morgan fingerprint density at radius 1 is 1.45 bits per heavy atom. The maximum atomic E-state index is 11.8. The van der Waals surface area contributed by atoms with Gasteiger partial charge < -0.3 is 20.1 Å². The van der Waals surface area contributed by atoms with Gasteiger partial charge in [-0.1, -0.05) is 11.6 Å². The summed E-state index contributed by atoms with van der Waals surface area (Å²) in [6.45, 7) is 0.397. The minimum Gasteiger partial charge on any atom is -0.496 e. The molecule has 0 spiro atoms. The lowest BCUT2D eigenvalue weighted by Crippen LogP contribution is -2.37. The summed E-state index contributed by atoms with van der Waals surface area (Å²) in [5.74, 6) is -0.316. The molecule has 7 heteroatoms. The van der Waals surface area contributed by atoms with Gasteiger partial charge in [-0.25, -0.2) is 4.79 Å². The first-order chi connectivity index (χ1) is 9.43. The lowest BCUT2D eigenvalue weighted by molar-refractivity contribution is -0.136. The van der Waals surface area contributed by atoms with E-state index in [1.54, 1.807) is 32.4 Å². The number of carbonyl (C=O) groups excluding carboxylic acids is 1. The lowest BCUT2D eigenvalue weighted by atomic mass is 10.2. The van der Waals surface area contributed by atoms with Crippen LogP contribution in [0.25, 0.3) is 0 Å². The molecule has 0 fully saturated rings. The first kappa shape index (κ1) is 16.1. The summed E-state index contributed by atoms with van der Waals surface area (Å²) < 4.78 is 5.20. The molecule has 0 unspecified atom stereocenters. The second-order valence-corrected chi connectivity index (χ2v) is 4.62. The van der Waals surface area contributed by atoms with Crippen molar-refractivity contribution in [1.82, 2.24) is 10.2 Å². The van der Waals surface area contributed by atoms with Crippen molar-refractivity contribution in [1.29, 1.82) is 0 Å². The number of benzene rings is 1. The number of carboxylic acid groups (broad SMARTS) is 1. The Balaban J connectivity index is 2.61. The first-order valence-electron chi connectivity index (χ1n) is 5.97. The summed E-state index contributed by atoms with van der Waals surface area (Å²) >= 11 is 5.92. The predicted molar refractivity (Wildman–Crippen MR) is 75.1 cm³/mol. The Labute approximate surface area is 122 Å². The molecule has 0 radical (unpaired) electrons. The number of hydrogen-bond acceptors (Lipinski definition) is 3. The van der Waals surface area contributed by atoms with E-state index in [4.69, 9.17) is 21.4 Å². The minimum absolute atomic E-state index is 0.0885. The molecular formula is C13H17ClN2O4. The first-order valence-corrected chi connectivity index (χ1v) is 6.35. The number of nitrogens with zero attached hydrogens (tertiary/aromatic N) is 1. The number of methoxy groups -OCH3 is 1. The molecule has 20 heavy (non-hydrogen) atoms. The van der Waals surface area contributed by atoms with Crippen molar-refractivity contribution in [3.8, 4) is 5.75 Å². The van der Waals surface area contributed by atoms with Gasteiger partial charge in [-0.2, -0.15) is 0 Å². The zero-order valence-corrected chi connectivity index (χ0v) is 12.1. The number of carboxylic acids is 1. The molecule has 2 N–H and O–H groups in total. The molecule has 0 aliphatic carbocycles. The maximum absolute atomic E-state index is 11.8. The number of ether oxygens (including phenoxy) is 1. The molecule has 0 saturated carbocycles. The van der Waals surface area contributed by atoms with Gasteiger partial charge in [-0.15, -0.1) is 0 Å². The molecule has 0 bridgehead atoms. The van der Waals surface area contributed by atoms with Crippen LogP contribution < -0.4 is 10.1 Å². The number of hydrogen-bond donors (Lipinski definition) is 2. The molecule has 110 valence electrons. The van der Waals surface area contributed by atoms with Crippen LogP contribution in [0.4, 0.5) is 4.79 Å². The molecule has 0 aliphatic rings. The summed E-state index contributed by atoms with van der Waals surface area (Å²) in [6.07, 6.45) is -0.111. The highest BCUT2D eigenvalue weighted by Crippen LogP contribution is 2.23. The highest BCUT2D eigenvalue weighted by molar-refractivity contribution is 6.30. The van der Waals surface area contributed by atoms with Gasteiger partial charge in [0.05, 0.1) is 20.1 Å². The van der Waals surface area contributed by atoms with Gasteiger partial charge in [0.15, 0.2) is 0 Å². The Hall–Kier alpha value is -1.95. The van der Waals surface area contributed by atoms with E-state index in [2.05, 4.69) is 5.32 Å². The van der Waals surface area contributed by atoms with Crippen LogP contribution in [0.1, 0.15) is 12.0 Å². The van der Waals surface area contributed by atoms with Gasteiger partial charge in [0.2, 0.25) is 0 Å². The molecule has 1 aromatic carbocycles. The lowest BCUT2D eigenvalue weighted by Gasteiger charge is -2.19. The average molecular weight is 301 g/mol. The van der Waals surface area contributed by atoms with E-state index in [0.717, 1.165) is 5.56 Å². The van der Waals surface area contributed by atoms with Crippen LogP contribution in [-0.4, -0.2) is 42.7 Å². The topological polar surface area (TPSA) is 78.9 Å². The molecule has 1 rings (SSSR count). The second kappa shape index (κ2) is 7.59. The van der Waals surface area contributed by atoms with Crippen molar-refractivity contribution >= 4 is 23.6 Å². The van der Waals surface area contributed by atoms with Crippen LogP contribution >= 0.6 is 11.6 Å². The summed E-state index contributed by atoms with van der Waals surface area (Å²) in [5, 5.41) is 11.6. The number of carbonyl (C=O) groups is 2. The van der Waals surface area contributed by atoms with Crippen LogP contribution in [0.3, 0.4) is 0 Å². The zero-order chi connectivity index (χ0) is 15.1. The fourth-order valence-electron chi connectivity index (χ4n) is 1.61. The second-order valence-electron chi connectivity index (χ2n) is 4.19. The predicted octanol–water partition coefficient (Wildman–Crippen LogP) is 1.96. The van der Waals surface area contributed by atoms with Crippen molar-refractivity contribution in [3.05, 3.63) is 28.8 Å². The van der Waals surface area contributed by atoms with Crippen LogP contribution in [0.15, 0.2) is 18.2 Å². The van der Waals surface area contributed by atoms with Crippen LogP contribution in [-0.2, 0) is 11.3 Å². The standard InChI is InChI=1S/C13H17ClN2O4/c1-16(13(19)15-6-5-12(17)18)8-9-7-10(14)3-4-11(9)20-2/h3-4,7H,5-6,8H2,1-2H3,(H,15,19)(H,17,18). The molecule has 0 saturated heterocycles. The third-order valence-corrected chi connectivity index (χ3v) is 2.85. The van der Waals surface area contributed by atoms with E-state index >= 15 is 0 Å². The smallest absolute Gasteiger partial charge is 0.317 e. The Morgan fingerprint density at radius 3 is 2.75 bits per heavy atom. The molecule has 0 aliphatic heterocycles. The highest BCUT2D eigenvalue weighted by Gasteiger charge is 2.12. The molecule has 0 atom stereocenters. The summed E-state index contributed by atoms with van der Waals surface area (Å²) in [5.41, 5.74) is 0.774. The molecule has 6 nitrogen and oxygen atoms in total. The highest BCUT2D eigenvalue weighted by atomic mass is 35.5. The van der Waals surface area contributed by atoms with E-state index in [9.17, 15) is 9.59 Å². The number of halogens is 1. The Bertz CT molecular complexity index is 493. The van der Waals surface area contributed by atoms with Crippen LogP contribution in [0, 0.1) is 0 Å². The number of nitrogens with one attached hydrogen (secondary N) is 1. The molecule has 0 heterocycles. The van der Waals surface area contributed by atoms with Crippen LogP contribution in [0.5, 0.6) is 5.75 Å². The molecule has 0 aromatic heterocycles. The van der Waals surface area contributed by atoms with Gasteiger partial charge >= 0.3 is 12.0 Å². The number of amides is 2. The average Bonchev–Trinajstić information content (AvgIpc) is 2.38. The minimum atomic E-state index is -0.954. The van der Waals surface area contributed by atoms with E-state index in [0.29, 0.717) is 17.3 Å². The van der Waals surface area contributed by atoms with E-state index < -0.39 is 5.97 Å². The van der Waals surface area contributed by atoms with E-state index in [-0.39, 0.29) is 19.0 Å². The van der Waals surface area contributed by atoms with Gasteiger partial charge in [0.1, 0.15) is 5.75 Å². The number of aliphatic carboxylic acids is 1. The fraction of sp³-hybridized carbons (Fsp3) is 0.385. The van der Waals surface area contributed by atoms with E-state index in [1.165, 1.54) is 4.90 Å². The van der Waals surface area contributed by atoms with Crippen molar-refractivity contribution < 1.29 is 19.4 Å². The van der Waals surface area contributed by atoms with Gasteiger partial charge in [-0.05, 0) is 18.2 Å². The Morgan fingerprint density at radius 2 is 2.15 bits per heavy atom. The van der Waals surface area contributed by atoms with E-state index in [1.807, 2.05) is 0 Å². The molecule has 2 amide bonds. The van der Waals surface area contributed by atoms with Crippen molar-refractivity contribution in [2.45, 2.75) is 13.0 Å².